The summed E-state index contributed by atoms with van der Waals surface area (Å²) < 4.78 is 1.11. The van der Waals surface area contributed by atoms with Crippen LogP contribution in [-0.4, -0.2) is 18.1 Å². The standard InChI is InChI=1S/C11H10BrNO2S2/c1-13(4-7-2-10(12)17-5-7)8-3-9(11(14)15)16-6-8/h2-3,5-6H,4H2,1H3,(H,14,15). The molecule has 2 aromatic heterocycles. The molecule has 1 N–H and O–H groups in total. The first-order valence-electron chi connectivity index (χ1n) is 4.82. The highest BCUT2D eigenvalue weighted by atomic mass is 79.9. The van der Waals surface area contributed by atoms with Crippen molar-refractivity contribution in [3.05, 3.63) is 37.1 Å². The molecule has 2 heterocycles. The van der Waals surface area contributed by atoms with Crippen molar-refractivity contribution < 1.29 is 9.90 Å². The van der Waals surface area contributed by atoms with Crippen LogP contribution < -0.4 is 4.90 Å². The predicted octanol–water partition coefficient (Wildman–Crippen LogP) is 3.91. The number of thiophene rings is 2. The Morgan fingerprint density at radius 1 is 1.41 bits per heavy atom. The second-order valence-electron chi connectivity index (χ2n) is 3.59. The lowest BCUT2D eigenvalue weighted by atomic mass is 10.3. The van der Waals surface area contributed by atoms with Crippen molar-refractivity contribution in [2.45, 2.75) is 6.54 Å². The minimum Gasteiger partial charge on any atom is -0.477 e. The molecule has 0 amide bonds. The average molecular weight is 332 g/mol. The molecule has 0 aromatic carbocycles. The smallest absolute Gasteiger partial charge is 0.345 e. The zero-order valence-electron chi connectivity index (χ0n) is 9.01. The van der Waals surface area contributed by atoms with Crippen LogP contribution in [0.5, 0.6) is 0 Å². The van der Waals surface area contributed by atoms with Crippen LogP contribution in [-0.2, 0) is 6.54 Å². The van der Waals surface area contributed by atoms with Crippen molar-refractivity contribution in [2.24, 2.45) is 0 Å². The SMILES string of the molecule is CN(Cc1csc(Br)c1)c1csc(C(=O)O)c1. The lowest BCUT2D eigenvalue weighted by molar-refractivity contribution is 0.0702. The molecule has 0 fully saturated rings. The van der Waals surface area contributed by atoms with Crippen LogP contribution in [0.4, 0.5) is 5.69 Å². The Bertz CT molecular complexity index is 535. The largest absolute Gasteiger partial charge is 0.477 e. The van der Waals surface area contributed by atoms with Crippen molar-refractivity contribution in [2.75, 3.05) is 11.9 Å². The van der Waals surface area contributed by atoms with Crippen LogP contribution in [0.3, 0.4) is 0 Å². The number of rotatable bonds is 4. The molecule has 0 unspecified atom stereocenters. The third-order valence-corrected chi connectivity index (χ3v) is 4.74. The highest BCUT2D eigenvalue weighted by Gasteiger charge is 2.10. The van der Waals surface area contributed by atoms with Crippen molar-refractivity contribution in [3.63, 3.8) is 0 Å². The summed E-state index contributed by atoms with van der Waals surface area (Å²) in [5.74, 6) is -0.868. The summed E-state index contributed by atoms with van der Waals surface area (Å²) in [6.07, 6.45) is 0. The Morgan fingerprint density at radius 3 is 2.71 bits per heavy atom. The van der Waals surface area contributed by atoms with E-state index in [-0.39, 0.29) is 0 Å². The molecule has 0 aliphatic carbocycles. The van der Waals surface area contributed by atoms with Gasteiger partial charge in [-0.2, -0.15) is 0 Å². The van der Waals surface area contributed by atoms with Crippen LogP contribution >= 0.6 is 38.6 Å². The third kappa shape index (κ3) is 3.08. The number of hydrogen-bond acceptors (Lipinski definition) is 4. The van der Waals surface area contributed by atoms with E-state index in [1.54, 1.807) is 17.4 Å². The van der Waals surface area contributed by atoms with E-state index in [1.165, 1.54) is 16.9 Å². The molecular weight excluding hydrogens is 322 g/mol. The van der Waals surface area contributed by atoms with Crippen molar-refractivity contribution in [1.82, 2.24) is 0 Å². The molecular formula is C11H10BrNO2S2. The molecule has 0 aliphatic rings. The van der Waals surface area contributed by atoms with Gasteiger partial charge in [-0.15, -0.1) is 22.7 Å². The van der Waals surface area contributed by atoms with Crippen molar-refractivity contribution >= 4 is 50.3 Å². The molecule has 0 spiro atoms. The normalized spacial score (nSPS) is 10.5. The first kappa shape index (κ1) is 12.6. The van der Waals surface area contributed by atoms with E-state index in [4.69, 9.17) is 5.11 Å². The molecule has 2 aromatic rings. The molecule has 90 valence electrons. The zero-order valence-corrected chi connectivity index (χ0v) is 12.2. The van der Waals surface area contributed by atoms with Crippen LogP contribution in [0.25, 0.3) is 0 Å². The zero-order chi connectivity index (χ0) is 12.4. The van der Waals surface area contributed by atoms with E-state index >= 15 is 0 Å². The van der Waals surface area contributed by atoms with Gasteiger partial charge in [-0.05, 0) is 39.0 Å². The second-order valence-corrected chi connectivity index (χ2v) is 6.79. The second kappa shape index (κ2) is 5.20. The summed E-state index contributed by atoms with van der Waals surface area (Å²) in [5.41, 5.74) is 2.15. The number of anilines is 1. The van der Waals surface area contributed by atoms with Crippen LogP contribution in [0.15, 0.2) is 26.7 Å². The third-order valence-electron chi connectivity index (χ3n) is 2.28. The van der Waals surface area contributed by atoms with Crippen molar-refractivity contribution in [1.29, 1.82) is 0 Å². The Labute approximate surface area is 115 Å². The van der Waals surface area contributed by atoms with Gasteiger partial charge >= 0.3 is 5.97 Å². The lowest BCUT2D eigenvalue weighted by Gasteiger charge is -2.16. The van der Waals surface area contributed by atoms with Gasteiger partial charge in [0.15, 0.2) is 0 Å². The van der Waals surface area contributed by atoms with Crippen molar-refractivity contribution in [3.8, 4) is 0 Å². The number of carboxylic acids is 1. The Balaban J connectivity index is 2.08. The maximum Gasteiger partial charge on any atom is 0.345 e. The van der Waals surface area contributed by atoms with E-state index in [2.05, 4.69) is 27.4 Å². The van der Waals surface area contributed by atoms with Crippen LogP contribution in [0.2, 0.25) is 0 Å². The summed E-state index contributed by atoms with van der Waals surface area (Å²) in [6.45, 7) is 0.776. The minimum absolute atomic E-state index is 0.373. The molecule has 0 saturated heterocycles. The molecule has 3 nitrogen and oxygen atoms in total. The Hall–Kier alpha value is -0.850. The Morgan fingerprint density at radius 2 is 2.18 bits per heavy atom. The van der Waals surface area contributed by atoms with Crippen LogP contribution in [0.1, 0.15) is 15.2 Å². The summed E-state index contributed by atoms with van der Waals surface area (Å²) in [4.78, 5) is 13.2. The number of carboxylic acid groups (broad SMARTS) is 1. The van der Waals surface area contributed by atoms with Gasteiger partial charge in [-0.1, -0.05) is 0 Å². The minimum atomic E-state index is -0.868. The first-order valence-corrected chi connectivity index (χ1v) is 7.37. The molecule has 0 atom stereocenters. The monoisotopic (exact) mass is 331 g/mol. The maximum absolute atomic E-state index is 10.8. The molecule has 0 bridgehead atoms. The van der Waals surface area contributed by atoms with Gasteiger partial charge in [-0.25, -0.2) is 4.79 Å². The van der Waals surface area contributed by atoms with E-state index in [0.29, 0.717) is 4.88 Å². The van der Waals surface area contributed by atoms with Gasteiger partial charge in [0.25, 0.3) is 0 Å². The fourth-order valence-electron chi connectivity index (χ4n) is 1.43. The van der Waals surface area contributed by atoms with Gasteiger partial charge in [0.1, 0.15) is 4.88 Å². The van der Waals surface area contributed by atoms with E-state index < -0.39 is 5.97 Å². The van der Waals surface area contributed by atoms with Gasteiger partial charge in [0.2, 0.25) is 0 Å². The Kier molecular flexibility index (Phi) is 3.86. The maximum atomic E-state index is 10.8. The number of hydrogen-bond donors (Lipinski definition) is 1. The first-order chi connectivity index (χ1) is 8.06. The van der Waals surface area contributed by atoms with Gasteiger partial charge in [0, 0.05) is 24.7 Å². The van der Waals surface area contributed by atoms with E-state index in [1.807, 2.05) is 17.3 Å². The molecule has 0 radical (unpaired) electrons. The lowest BCUT2D eigenvalue weighted by Crippen LogP contribution is -2.15. The van der Waals surface area contributed by atoms with E-state index in [9.17, 15) is 4.79 Å². The molecule has 17 heavy (non-hydrogen) atoms. The molecule has 6 heteroatoms. The fraction of sp³-hybridized carbons (Fsp3) is 0.182. The summed E-state index contributed by atoms with van der Waals surface area (Å²) in [6, 6.07) is 3.78. The van der Waals surface area contributed by atoms with E-state index in [0.717, 1.165) is 16.0 Å². The topological polar surface area (TPSA) is 40.5 Å². The molecule has 2 rings (SSSR count). The number of carbonyl (C=O) groups is 1. The number of halogens is 1. The number of aromatic carboxylic acids is 1. The summed E-state index contributed by atoms with van der Waals surface area (Å²) >= 11 is 6.33. The molecule has 0 saturated carbocycles. The van der Waals surface area contributed by atoms with Gasteiger partial charge in [-0.3, -0.25) is 0 Å². The summed E-state index contributed by atoms with van der Waals surface area (Å²) in [5, 5.41) is 12.8. The quantitative estimate of drug-likeness (QED) is 0.923. The molecule has 0 aliphatic heterocycles. The number of nitrogens with zero attached hydrogens (tertiary/aromatic N) is 1. The summed E-state index contributed by atoms with van der Waals surface area (Å²) in [7, 11) is 1.96. The van der Waals surface area contributed by atoms with Gasteiger partial charge in [0.05, 0.1) is 3.79 Å². The highest BCUT2D eigenvalue weighted by Crippen LogP contribution is 2.26. The van der Waals surface area contributed by atoms with Gasteiger partial charge < -0.3 is 10.0 Å². The van der Waals surface area contributed by atoms with Crippen LogP contribution in [0, 0.1) is 0 Å². The average Bonchev–Trinajstić information content (AvgIpc) is 2.86. The highest BCUT2D eigenvalue weighted by molar-refractivity contribution is 9.11. The fourth-order valence-corrected chi connectivity index (χ4v) is 3.42. The predicted molar refractivity (Wildman–Crippen MR) is 75.4 cm³/mol.